The Balaban J connectivity index is 1.85. The van der Waals surface area contributed by atoms with E-state index in [1.54, 1.807) is 0 Å². The van der Waals surface area contributed by atoms with Crippen LogP contribution in [0.15, 0.2) is 0 Å². The third-order valence-corrected chi connectivity index (χ3v) is 7.71. The van der Waals surface area contributed by atoms with E-state index in [4.69, 9.17) is 0 Å². The SMILES string of the molecule is CCCC(CC)C1([C@H]2CC[C@H](CCCCC(F)(F)F)CC2)CCCCC1. The van der Waals surface area contributed by atoms with Gasteiger partial charge in [0, 0.05) is 6.42 Å². The molecule has 2 rings (SSSR count). The summed E-state index contributed by atoms with van der Waals surface area (Å²) in [7, 11) is 0. The summed E-state index contributed by atoms with van der Waals surface area (Å²) >= 11 is 0. The quantitative estimate of drug-likeness (QED) is 0.354. The largest absolute Gasteiger partial charge is 0.389 e. The number of halogens is 3. The highest BCUT2D eigenvalue weighted by atomic mass is 19.4. The van der Waals surface area contributed by atoms with Gasteiger partial charge in [0.25, 0.3) is 0 Å². The van der Waals surface area contributed by atoms with Crippen LogP contribution in [0.25, 0.3) is 0 Å². The summed E-state index contributed by atoms with van der Waals surface area (Å²) < 4.78 is 36.9. The summed E-state index contributed by atoms with van der Waals surface area (Å²) in [6.45, 7) is 4.72. The topological polar surface area (TPSA) is 0 Å². The van der Waals surface area contributed by atoms with E-state index in [-0.39, 0.29) is 0 Å². The van der Waals surface area contributed by atoms with Gasteiger partial charge in [-0.05, 0) is 55.3 Å². The monoisotopic (exact) mass is 374 g/mol. The molecule has 0 nitrogen and oxygen atoms in total. The standard InChI is InChI=1S/C23H41F3/c1-3-10-20(4-2)22(16-7-5-8-17-22)21-14-12-19(13-15-21)11-6-9-18-23(24,25)26/h19-21H,3-18H2,1-2H3/t19-,20?,21-. The first-order valence-electron chi connectivity index (χ1n) is 11.5. The fourth-order valence-electron chi connectivity index (χ4n) is 6.39. The van der Waals surface area contributed by atoms with Crippen molar-refractivity contribution in [2.45, 2.75) is 123 Å². The molecule has 2 aliphatic rings. The lowest BCUT2D eigenvalue weighted by Crippen LogP contribution is -2.41. The maximum absolute atomic E-state index is 12.3. The zero-order valence-electron chi connectivity index (χ0n) is 17.2. The van der Waals surface area contributed by atoms with Crippen LogP contribution in [-0.4, -0.2) is 6.18 Å². The molecule has 0 aromatic carbocycles. The van der Waals surface area contributed by atoms with Crippen LogP contribution >= 0.6 is 0 Å². The van der Waals surface area contributed by atoms with Gasteiger partial charge in [-0.15, -0.1) is 0 Å². The summed E-state index contributed by atoms with van der Waals surface area (Å²) in [6, 6.07) is 0. The van der Waals surface area contributed by atoms with Crippen molar-refractivity contribution in [3.63, 3.8) is 0 Å². The van der Waals surface area contributed by atoms with Crippen LogP contribution in [-0.2, 0) is 0 Å². The zero-order valence-corrected chi connectivity index (χ0v) is 17.2. The Morgan fingerprint density at radius 2 is 1.58 bits per heavy atom. The van der Waals surface area contributed by atoms with E-state index in [9.17, 15) is 13.2 Å². The fraction of sp³-hybridized carbons (Fsp3) is 1.00. The van der Waals surface area contributed by atoms with Crippen LogP contribution in [0.3, 0.4) is 0 Å². The number of alkyl halides is 3. The molecule has 1 unspecified atom stereocenters. The molecule has 0 aliphatic heterocycles. The fourth-order valence-corrected chi connectivity index (χ4v) is 6.39. The lowest BCUT2D eigenvalue weighted by Gasteiger charge is -2.51. The molecule has 0 radical (unpaired) electrons. The van der Waals surface area contributed by atoms with Crippen LogP contribution in [0.1, 0.15) is 117 Å². The lowest BCUT2D eigenvalue weighted by atomic mass is 9.54. The summed E-state index contributed by atoms with van der Waals surface area (Å²) in [5.41, 5.74) is 0.588. The molecular formula is C23H41F3. The first kappa shape index (κ1) is 22.1. The molecule has 0 heterocycles. The van der Waals surface area contributed by atoms with Gasteiger partial charge in [-0.3, -0.25) is 0 Å². The highest BCUT2D eigenvalue weighted by Gasteiger charge is 2.45. The summed E-state index contributed by atoms with van der Waals surface area (Å²) in [5, 5.41) is 0. The minimum atomic E-state index is -3.97. The molecule has 1 atom stereocenters. The normalized spacial score (nSPS) is 28.0. The molecule has 2 fully saturated rings. The van der Waals surface area contributed by atoms with Gasteiger partial charge in [-0.25, -0.2) is 0 Å². The molecule has 0 saturated heterocycles. The van der Waals surface area contributed by atoms with Gasteiger partial charge in [-0.1, -0.05) is 78.1 Å². The summed E-state index contributed by atoms with van der Waals surface area (Å²) in [6.07, 6.45) is 13.9. The van der Waals surface area contributed by atoms with Crippen molar-refractivity contribution in [1.82, 2.24) is 0 Å². The van der Waals surface area contributed by atoms with Crippen molar-refractivity contribution in [1.29, 1.82) is 0 Å². The first-order valence-corrected chi connectivity index (χ1v) is 11.5. The number of hydrogen-bond donors (Lipinski definition) is 0. The van der Waals surface area contributed by atoms with E-state index in [2.05, 4.69) is 13.8 Å². The molecule has 3 heteroatoms. The van der Waals surface area contributed by atoms with Gasteiger partial charge in [0.15, 0.2) is 0 Å². The molecule has 0 N–H and O–H groups in total. The van der Waals surface area contributed by atoms with Gasteiger partial charge in [0.05, 0.1) is 0 Å². The first-order chi connectivity index (χ1) is 12.4. The Morgan fingerprint density at radius 3 is 2.12 bits per heavy atom. The third kappa shape index (κ3) is 6.16. The van der Waals surface area contributed by atoms with E-state index in [0.29, 0.717) is 17.8 Å². The van der Waals surface area contributed by atoms with Gasteiger partial charge in [0.2, 0.25) is 0 Å². The third-order valence-electron chi connectivity index (χ3n) is 7.71. The van der Waals surface area contributed by atoms with E-state index in [1.165, 1.54) is 77.0 Å². The van der Waals surface area contributed by atoms with Gasteiger partial charge >= 0.3 is 6.18 Å². The zero-order chi connectivity index (χ0) is 19.0. The Kier molecular flexibility index (Phi) is 8.80. The van der Waals surface area contributed by atoms with Crippen molar-refractivity contribution in [2.24, 2.45) is 23.2 Å². The summed E-state index contributed by atoms with van der Waals surface area (Å²) in [5.74, 6) is 2.46. The van der Waals surface area contributed by atoms with Crippen LogP contribution in [0.2, 0.25) is 0 Å². The Labute approximate surface area is 159 Å². The Morgan fingerprint density at radius 1 is 0.923 bits per heavy atom. The second-order valence-electron chi connectivity index (χ2n) is 9.27. The molecule has 154 valence electrons. The molecular weight excluding hydrogens is 333 g/mol. The number of rotatable bonds is 9. The van der Waals surface area contributed by atoms with Crippen LogP contribution in [0, 0.1) is 23.2 Å². The molecule has 2 saturated carbocycles. The second kappa shape index (κ2) is 10.4. The van der Waals surface area contributed by atoms with E-state index in [1.807, 2.05) is 0 Å². The highest BCUT2D eigenvalue weighted by molar-refractivity contribution is 4.95. The highest BCUT2D eigenvalue weighted by Crippen LogP contribution is 2.55. The molecule has 2 aliphatic carbocycles. The van der Waals surface area contributed by atoms with Crippen LogP contribution < -0.4 is 0 Å². The van der Waals surface area contributed by atoms with E-state index >= 15 is 0 Å². The smallest absolute Gasteiger partial charge is 0.171 e. The second-order valence-corrected chi connectivity index (χ2v) is 9.27. The van der Waals surface area contributed by atoms with Gasteiger partial charge in [0.1, 0.15) is 0 Å². The molecule has 26 heavy (non-hydrogen) atoms. The van der Waals surface area contributed by atoms with Crippen molar-refractivity contribution >= 4 is 0 Å². The number of hydrogen-bond acceptors (Lipinski definition) is 0. The lowest BCUT2D eigenvalue weighted by molar-refractivity contribution is -0.135. The van der Waals surface area contributed by atoms with Gasteiger partial charge in [-0.2, -0.15) is 13.2 Å². The molecule has 0 aromatic heterocycles. The predicted octanol–water partition coefficient (Wildman–Crippen LogP) is 8.69. The Hall–Kier alpha value is -0.210. The molecule has 0 aromatic rings. The minimum Gasteiger partial charge on any atom is -0.171 e. The number of unbranched alkanes of at least 4 members (excludes halogenated alkanes) is 1. The minimum absolute atomic E-state index is 0.321. The molecule has 0 bridgehead atoms. The molecule has 0 amide bonds. The maximum atomic E-state index is 12.3. The predicted molar refractivity (Wildman–Crippen MR) is 104 cm³/mol. The molecule has 0 spiro atoms. The maximum Gasteiger partial charge on any atom is 0.389 e. The van der Waals surface area contributed by atoms with Crippen LogP contribution in [0.5, 0.6) is 0 Å². The van der Waals surface area contributed by atoms with Crippen LogP contribution in [0.4, 0.5) is 13.2 Å². The van der Waals surface area contributed by atoms with Gasteiger partial charge < -0.3 is 0 Å². The summed E-state index contributed by atoms with van der Waals surface area (Å²) in [4.78, 5) is 0. The van der Waals surface area contributed by atoms with E-state index in [0.717, 1.165) is 24.7 Å². The Bertz CT molecular complexity index is 373. The van der Waals surface area contributed by atoms with E-state index < -0.39 is 12.6 Å². The van der Waals surface area contributed by atoms with Crippen molar-refractivity contribution in [3.05, 3.63) is 0 Å². The average Bonchev–Trinajstić information content (AvgIpc) is 2.63. The van der Waals surface area contributed by atoms with Crippen molar-refractivity contribution in [3.8, 4) is 0 Å². The van der Waals surface area contributed by atoms with Crippen molar-refractivity contribution < 1.29 is 13.2 Å². The van der Waals surface area contributed by atoms with Crippen molar-refractivity contribution in [2.75, 3.05) is 0 Å². The average molecular weight is 375 g/mol.